The van der Waals surface area contributed by atoms with Gasteiger partial charge in [0.25, 0.3) is 5.91 Å². The predicted octanol–water partition coefficient (Wildman–Crippen LogP) is 7.20. The van der Waals surface area contributed by atoms with Crippen molar-refractivity contribution in [2.45, 2.75) is 13.5 Å². The third kappa shape index (κ3) is 4.22. The van der Waals surface area contributed by atoms with Crippen molar-refractivity contribution < 1.29 is 9.18 Å². The highest BCUT2D eigenvalue weighted by Crippen LogP contribution is 2.37. The van der Waals surface area contributed by atoms with Crippen molar-refractivity contribution in [3.8, 4) is 0 Å². The summed E-state index contributed by atoms with van der Waals surface area (Å²) in [5.41, 5.74) is 4.61. The summed E-state index contributed by atoms with van der Waals surface area (Å²) in [6.45, 7) is 2.49. The summed E-state index contributed by atoms with van der Waals surface area (Å²) < 4.78 is 16.0. The topological polar surface area (TPSA) is 25.2 Å². The van der Waals surface area contributed by atoms with E-state index < -0.39 is 0 Å². The van der Waals surface area contributed by atoms with E-state index >= 15 is 0 Å². The second-order valence-corrected chi connectivity index (χ2v) is 9.90. The summed E-state index contributed by atoms with van der Waals surface area (Å²) >= 11 is 13.1. The first kappa shape index (κ1) is 21.9. The third-order valence-corrected chi connectivity index (χ3v) is 7.20. The molecule has 5 rings (SSSR count). The van der Waals surface area contributed by atoms with Crippen LogP contribution in [0.3, 0.4) is 0 Å². The molecule has 3 aromatic carbocycles. The van der Waals surface area contributed by atoms with E-state index in [0.29, 0.717) is 20.8 Å². The number of thioether (sulfide) groups is 1. The number of carbonyl (C=O) groups excluding carboxylic acids is 1. The quantitative estimate of drug-likeness (QED) is 0.222. The van der Waals surface area contributed by atoms with E-state index in [-0.39, 0.29) is 11.7 Å². The van der Waals surface area contributed by atoms with Crippen LogP contribution in [0.25, 0.3) is 17.0 Å². The molecule has 0 aliphatic carbocycles. The Hall–Kier alpha value is -2.93. The fraction of sp³-hybridized carbons (Fsp3) is 0.0769. The Morgan fingerprint density at radius 1 is 1.09 bits per heavy atom. The van der Waals surface area contributed by atoms with Gasteiger partial charge < -0.3 is 4.57 Å². The van der Waals surface area contributed by atoms with Gasteiger partial charge in [0.05, 0.1) is 10.6 Å². The summed E-state index contributed by atoms with van der Waals surface area (Å²) in [5, 5.41) is 1.39. The number of hydrogen-bond donors (Lipinski definition) is 0. The van der Waals surface area contributed by atoms with Crippen LogP contribution in [-0.4, -0.2) is 14.8 Å². The average Bonchev–Trinajstić information content (AvgIpc) is 3.28. The average molecular weight is 493 g/mol. The molecule has 0 bridgehead atoms. The molecule has 0 saturated carbocycles. The molecular weight excluding hydrogens is 475 g/mol. The van der Waals surface area contributed by atoms with E-state index in [1.807, 2.05) is 67.7 Å². The highest BCUT2D eigenvalue weighted by molar-refractivity contribution is 8.27. The van der Waals surface area contributed by atoms with Gasteiger partial charge in [0.2, 0.25) is 0 Å². The zero-order valence-electron chi connectivity index (χ0n) is 17.6. The van der Waals surface area contributed by atoms with E-state index in [0.717, 1.165) is 33.3 Å². The summed E-state index contributed by atoms with van der Waals surface area (Å²) in [5.74, 6) is -0.496. The van der Waals surface area contributed by atoms with Gasteiger partial charge in [0, 0.05) is 34.2 Å². The lowest BCUT2D eigenvalue weighted by atomic mass is 10.1. The second-order valence-electron chi connectivity index (χ2n) is 7.82. The number of rotatable bonds is 4. The minimum absolute atomic E-state index is 0.132. The van der Waals surface area contributed by atoms with Crippen LogP contribution < -0.4 is 4.90 Å². The van der Waals surface area contributed by atoms with Gasteiger partial charge in [-0.05, 0) is 48.9 Å². The summed E-state index contributed by atoms with van der Waals surface area (Å²) in [4.78, 5) is 15.4. The molecule has 0 radical (unpaired) electrons. The van der Waals surface area contributed by atoms with Crippen molar-refractivity contribution in [1.82, 2.24) is 4.57 Å². The molecule has 1 aliphatic rings. The number of anilines is 1. The van der Waals surface area contributed by atoms with Gasteiger partial charge in [-0.2, -0.15) is 0 Å². The van der Waals surface area contributed by atoms with E-state index in [1.165, 1.54) is 23.9 Å². The van der Waals surface area contributed by atoms with Crippen molar-refractivity contribution in [3.05, 3.63) is 105 Å². The van der Waals surface area contributed by atoms with Crippen molar-refractivity contribution in [2.24, 2.45) is 0 Å². The lowest BCUT2D eigenvalue weighted by Gasteiger charge is -2.14. The molecule has 4 aromatic rings. The van der Waals surface area contributed by atoms with Gasteiger partial charge >= 0.3 is 0 Å². The Bertz CT molecular complexity index is 1440. The van der Waals surface area contributed by atoms with Crippen LogP contribution >= 0.6 is 35.6 Å². The molecule has 1 aliphatic heterocycles. The molecule has 164 valence electrons. The first-order valence-electron chi connectivity index (χ1n) is 10.3. The number of fused-ring (bicyclic) bond motifs is 1. The zero-order chi connectivity index (χ0) is 23.1. The maximum Gasteiger partial charge on any atom is 0.270 e. The molecule has 0 N–H and O–H groups in total. The largest absolute Gasteiger partial charge is 0.342 e. The fourth-order valence-corrected chi connectivity index (χ4v) is 5.40. The Kier molecular flexibility index (Phi) is 5.83. The second kappa shape index (κ2) is 8.78. The number of amides is 1. The molecule has 33 heavy (non-hydrogen) atoms. The Labute approximate surface area is 205 Å². The van der Waals surface area contributed by atoms with Gasteiger partial charge in [-0.1, -0.05) is 77.5 Å². The molecule has 1 aromatic heterocycles. The molecule has 0 spiro atoms. The number of benzene rings is 3. The minimum Gasteiger partial charge on any atom is -0.342 e. The number of aromatic nitrogens is 1. The predicted molar refractivity (Wildman–Crippen MR) is 139 cm³/mol. The number of para-hydroxylation sites is 1. The number of nitrogens with zero attached hydrogens (tertiary/aromatic N) is 2. The fourth-order valence-electron chi connectivity index (χ4n) is 3.88. The standard InChI is InChI=1S/C26H18ClFN2OS2/c1-16-6-10-20(11-7-16)30-25(31)24(33-26(30)32)12-18-15-29(23-5-3-2-4-21(18)23)14-17-8-9-19(28)13-22(17)27/h2-13,15H,14H2,1H3/b24-12+. The molecule has 1 saturated heterocycles. The first-order valence-corrected chi connectivity index (χ1v) is 11.9. The monoisotopic (exact) mass is 492 g/mol. The van der Waals surface area contributed by atoms with Gasteiger partial charge in [-0.3, -0.25) is 9.69 Å². The van der Waals surface area contributed by atoms with Crippen LogP contribution in [0.2, 0.25) is 5.02 Å². The summed E-state index contributed by atoms with van der Waals surface area (Å²) in [6, 6.07) is 20.1. The van der Waals surface area contributed by atoms with Gasteiger partial charge in [-0.15, -0.1) is 0 Å². The summed E-state index contributed by atoms with van der Waals surface area (Å²) in [6.07, 6.45) is 3.88. The SMILES string of the molecule is Cc1ccc(N2C(=O)/C(=C\c3cn(Cc4ccc(F)cc4Cl)c4ccccc34)SC2=S)cc1. The number of carbonyl (C=O) groups is 1. The Morgan fingerprint density at radius 2 is 1.85 bits per heavy atom. The molecule has 0 unspecified atom stereocenters. The first-order chi connectivity index (χ1) is 15.9. The van der Waals surface area contributed by atoms with Crippen LogP contribution in [0.5, 0.6) is 0 Å². The Morgan fingerprint density at radius 3 is 2.61 bits per heavy atom. The molecule has 0 atom stereocenters. The van der Waals surface area contributed by atoms with Crippen molar-refractivity contribution >= 4 is 68.5 Å². The maximum absolute atomic E-state index is 13.5. The lowest BCUT2D eigenvalue weighted by molar-refractivity contribution is -0.113. The minimum atomic E-state index is -0.364. The number of thiocarbonyl (C=S) groups is 1. The third-order valence-electron chi connectivity index (χ3n) is 5.55. The Balaban J connectivity index is 1.52. The molecule has 1 amide bonds. The highest BCUT2D eigenvalue weighted by Gasteiger charge is 2.33. The highest BCUT2D eigenvalue weighted by atomic mass is 35.5. The number of aryl methyl sites for hydroxylation is 1. The van der Waals surface area contributed by atoms with E-state index in [2.05, 4.69) is 4.57 Å². The van der Waals surface area contributed by atoms with Crippen molar-refractivity contribution in [3.63, 3.8) is 0 Å². The van der Waals surface area contributed by atoms with E-state index in [4.69, 9.17) is 23.8 Å². The zero-order valence-corrected chi connectivity index (χ0v) is 20.0. The molecule has 7 heteroatoms. The van der Waals surface area contributed by atoms with E-state index in [1.54, 1.807) is 11.0 Å². The van der Waals surface area contributed by atoms with Gasteiger partial charge in [0.15, 0.2) is 4.32 Å². The number of hydrogen-bond acceptors (Lipinski definition) is 3. The van der Waals surface area contributed by atoms with Crippen LogP contribution in [0, 0.1) is 12.7 Å². The molecule has 3 nitrogen and oxygen atoms in total. The van der Waals surface area contributed by atoms with Crippen molar-refractivity contribution in [1.29, 1.82) is 0 Å². The van der Waals surface area contributed by atoms with Crippen LogP contribution in [-0.2, 0) is 11.3 Å². The van der Waals surface area contributed by atoms with Crippen LogP contribution in [0.15, 0.2) is 77.8 Å². The smallest absolute Gasteiger partial charge is 0.270 e. The molecule has 1 fully saturated rings. The van der Waals surface area contributed by atoms with E-state index in [9.17, 15) is 9.18 Å². The van der Waals surface area contributed by atoms with Crippen molar-refractivity contribution in [2.75, 3.05) is 4.90 Å². The maximum atomic E-state index is 13.5. The molecular formula is C26H18ClFN2OS2. The van der Waals surface area contributed by atoms with Crippen LogP contribution in [0.4, 0.5) is 10.1 Å². The summed E-state index contributed by atoms with van der Waals surface area (Å²) in [7, 11) is 0. The molecule has 2 heterocycles. The van der Waals surface area contributed by atoms with Gasteiger partial charge in [0.1, 0.15) is 5.82 Å². The normalized spacial score (nSPS) is 15.2. The lowest BCUT2D eigenvalue weighted by Crippen LogP contribution is -2.27. The van der Waals surface area contributed by atoms with Crippen LogP contribution in [0.1, 0.15) is 16.7 Å². The number of halogens is 2. The van der Waals surface area contributed by atoms with Gasteiger partial charge in [-0.25, -0.2) is 4.39 Å².